The summed E-state index contributed by atoms with van der Waals surface area (Å²) >= 11 is 0. The van der Waals surface area contributed by atoms with E-state index in [2.05, 4.69) is 17.0 Å². The SMILES string of the molecule is CCCN1CCN(C(=O)C2(C(N)=NO)CCC2)CC1. The van der Waals surface area contributed by atoms with Gasteiger partial charge in [-0.1, -0.05) is 18.5 Å². The molecule has 0 bridgehead atoms. The Labute approximate surface area is 114 Å². The lowest BCUT2D eigenvalue weighted by molar-refractivity contribution is -0.144. The van der Waals surface area contributed by atoms with E-state index in [0.29, 0.717) is 12.8 Å². The summed E-state index contributed by atoms with van der Waals surface area (Å²) in [5.41, 5.74) is 5.02. The van der Waals surface area contributed by atoms with Crippen LogP contribution in [0, 0.1) is 5.41 Å². The van der Waals surface area contributed by atoms with Gasteiger partial charge >= 0.3 is 0 Å². The third kappa shape index (κ3) is 2.54. The number of carbonyl (C=O) groups excluding carboxylic acids is 1. The molecule has 0 spiro atoms. The smallest absolute Gasteiger partial charge is 0.236 e. The molecule has 1 aliphatic carbocycles. The molecule has 1 heterocycles. The first-order chi connectivity index (χ1) is 9.14. The van der Waals surface area contributed by atoms with Gasteiger partial charge < -0.3 is 15.8 Å². The maximum absolute atomic E-state index is 12.6. The van der Waals surface area contributed by atoms with Crippen LogP contribution in [0.1, 0.15) is 32.6 Å². The zero-order chi connectivity index (χ0) is 13.9. The minimum absolute atomic E-state index is 0.0465. The van der Waals surface area contributed by atoms with Gasteiger partial charge in [-0.15, -0.1) is 0 Å². The molecule has 0 radical (unpaired) electrons. The topological polar surface area (TPSA) is 82.2 Å². The summed E-state index contributed by atoms with van der Waals surface area (Å²) in [5, 5.41) is 12.0. The van der Waals surface area contributed by atoms with Crippen molar-refractivity contribution >= 4 is 11.7 Å². The number of piperazine rings is 1. The van der Waals surface area contributed by atoms with Crippen LogP contribution in [0.4, 0.5) is 0 Å². The Balaban J connectivity index is 1.97. The Morgan fingerprint density at radius 3 is 2.37 bits per heavy atom. The Morgan fingerprint density at radius 2 is 1.95 bits per heavy atom. The van der Waals surface area contributed by atoms with Gasteiger partial charge in [-0.05, 0) is 25.8 Å². The largest absolute Gasteiger partial charge is 0.409 e. The fourth-order valence-electron chi connectivity index (χ4n) is 3.00. The highest BCUT2D eigenvalue weighted by atomic mass is 16.4. The molecule has 108 valence electrons. The predicted octanol–water partition coefficient (Wildman–Crippen LogP) is 0.457. The van der Waals surface area contributed by atoms with Gasteiger partial charge in [0.05, 0.1) is 0 Å². The lowest BCUT2D eigenvalue weighted by Crippen LogP contribution is -2.59. The van der Waals surface area contributed by atoms with E-state index in [4.69, 9.17) is 10.9 Å². The van der Waals surface area contributed by atoms with Gasteiger partial charge in [0.2, 0.25) is 5.91 Å². The average molecular weight is 268 g/mol. The van der Waals surface area contributed by atoms with E-state index in [-0.39, 0.29) is 11.7 Å². The van der Waals surface area contributed by atoms with Crippen molar-refractivity contribution in [2.75, 3.05) is 32.7 Å². The van der Waals surface area contributed by atoms with Crippen molar-refractivity contribution in [1.29, 1.82) is 0 Å². The number of hydrogen-bond acceptors (Lipinski definition) is 4. The maximum Gasteiger partial charge on any atom is 0.236 e. The fraction of sp³-hybridized carbons (Fsp3) is 0.846. The molecular formula is C13H24N4O2. The monoisotopic (exact) mass is 268 g/mol. The van der Waals surface area contributed by atoms with Crippen molar-refractivity contribution in [2.45, 2.75) is 32.6 Å². The highest BCUT2D eigenvalue weighted by molar-refractivity contribution is 6.07. The lowest BCUT2D eigenvalue weighted by Gasteiger charge is -2.44. The molecular weight excluding hydrogens is 244 g/mol. The van der Waals surface area contributed by atoms with E-state index in [1.54, 1.807) is 0 Å². The number of amidine groups is 1. The Hall–Kier alpha value is -1.30. The average Bonchev–Trinajstić information content (AvgIpc) is 2.38. The number of oxime groups is 1. The molecule has 0 aromatic carbocycles. The number of rotatable bonds is 4. The molecule has 19 heavy (non-hydrogen) atoms. The van der Waals surface area contributed by atoms with Gasteiger partial charge in [-0.3, -0.25) is 9.69 Å². The van der Waals surface area contributed by atoms with Crippen LogP contribution >= 0.6 is 0 Å². The minimum atomic E-state index is -0.721. The first-order valence-corrected chi connectivity index (χ1v) is 7.14. The summed E-state index contributed by atoms with van der Waals surface area (Å²) in [5.74, 6) is 0.130. The number of nitrogens with zero attached hydrogens (tertiary/aromatic N) is 3. The summed E-state index contributed by atoms with van der Waals surface area (Å²) in [6.45, 7) is 6.60. The molecule has 1 saturated heterocycles. The lowest BCUT2D eigenvalue weighted by atomic mass is 9.66. The number of hydrogen-bond donors (Lipinski definition) is 2. The third-order valence-electron chi connectivity index (χ3n) is 4.41. The molecule has 0 aromatic heterocycles. The Morgan fingerprint density at radius 1 is 1.32 bits per heavy atom. The molecule has 0 unspecified atom stereocenters. The molecule has 1 aliphatic heterocycles. The molecule has 2 fully saturated rings. The normalized spacial score (nSPS) is 24.1. The second-order valence-electron chi connectivity index (χ2n) is 5.55. The first kappa shape index (κ1) is 14.1. The van der Waals surface area contributed by atoms with Gasteiger partial charge in [0.25, 0.3) is 0 Å². The number of nitrogens with two attached hydrogens (primary N) is 1. The van der Waals surface area contributed by atoms with E-state index < -0.39 is 5.41 Å². The quantitative estimate of drug-likeness (QED) is 0.336. The van der Waals surface area contributed by atoms with Crippen LogP contribution in [0.25, 0.3) is 0 Å². The zero-order valence-corrected chi connectivity index (χ0v) is 11.6. The van der Waals surface area contributed by atoms with Crippen molar-refractivity contribution in [3.05, 3.63) is 0 Å². The second kappa shape index (κ2) is 5.77. The van der Waals surface area contributed by atoms with Gasteiger partial charge in [-0.2, -0.15) is 0 Å². The van der Waals surface area contributed by atoms with Crippen LogP contribution in [-0.4, -0.2) is 59.5 Å². The van der Waals surface area contributed by atoms with Crippen LogP contribution in [-0.2, 0) is 4.79 Å². The molecule has 2 aliphatic rings. The Kier molecular flexibility index (Phi) is 4.29. The number of amides is 1. The first-order valence-electron chi connectivity index (χ1n) is 7.14. The second-order valence-corrected chi connectivity index (χ2v) is 5.55. The summed E-state index contributed by atoms with van der Waals surface area (Å²) in [4.78, 5) is 16.9. The molecule has 1 amide bonds. The van der Waals surface area contributed by atoms with Crippen LogP contribution in [0.15, 0.2) is 5.16 Å². The molecule has 0 aromatic rings. The zero-order valence-electron chi connectivity index (χ0n) is 11.6. The van der Waals surface area contributed by atoms with Crippen LogP contribution in [0.5, 0.6) is 0 Å². The maximum atomic E-state index is 12.6. The van der Waals surface area contributed by atoms with Crippen molar-refractivity contribution in [2.24, 2.45) is 16.3 Å². The summed E-state index contributed by atoms with van der Waals surface area (Å²) in [7, 11) is 0. The number of carbonyl (C=O) groups is 1. The van der Waals surface area contributed by atoms with E-state index in [1.165, 1.54) is 0 Å². The third-order valence-corrected chi connectivity index (χ3v) is 4.41. The molecule has 3 N–H and O–H groups in total. The highest BCUT2D eigenvalue weighted by Crippen LogP contribution is 2.42. The standard InChI is InChI=1S/C13H24N4O2/c1-2-6-16-7-9-17(10-8-16)12(18)13(4-3-5-13)11(14)15-19/h19H,2-10H2,1H3,(H2,14,15). The molecule has 2 rings (SSSR count). The molecule has 6 nitrogen and oxygen atoms in total. The van der Waals surface area contributed by atoms with Crippen molar-refractivity contribution in [3.8, 4) is 0 Å². The molecule has 6 heteroatoms. The van der Waals surface area contributed by atoms with Crippen LogP contribution in [0.3, 0.4) is 0 Å². The highest BCUT2D eigenvalue weighted by Gasteiger charge is 2.50. The van der Waals surface area contributed by atoms with Gasteiger partial charge in [0, 0.05) is 26.2 Å². The van der Waals surface area contributed by atoms with E-state index >= 15 is 0 Å². The summed E-state index contributed by atoms with van der Waals surface area (Å²) < 4.78 is 0. The Bertz CT molecular complexity index is 358. The van der Waals surface area contributed by atoms with E-state index in [9.17, 15) is 4.79 Å². The summed E-state index contributed by atoms with van der Waals surface area (Å²) in [6, 6.07) is 0. The van der Waals surface area contributed by atoms with Crippen molar-refractivity contribution in [1.82, 2.24) is 9.80 Å². The van der Waals surface area contributed by atoms with Crippen LogP contribution < -0.4 is 5.73 Å². The molecule has 0 atom stereocenters. The van der Waals surface area contributed by atoms with E-state index in [0.717, 1.165) is 45.6 Å². The van der Waals surface area contributed by atoms with Crippen molar-refractivity contribution < 1.29 is 10.0 Å². The minimum Gasteiger partial charge on any atom is -0.409 e. The van der Waals surface area contributed by atoms with Gasteiger partial charge in [0.1, 0.15) is 5.41 Å². The van der Waals surface area contributed by atoms with Crippen molar-refractivity contribution in [3.63, 3.8) is 0 Å². The van der Waals surface area contributed by atoms with Gasteiger partial charge in [-0.25, -0.2) is 0 Å². The predicted molar refractivity (Wildman–Crippen MR) is 73.0 cm³/mol. The fourth-order valence-corrected chi connectivity index (χ4v) is 3.00. The molecule has 1 saturated carbocycles. The summed E-state index contributed by atoms with van der Waals surface area (Å²) in [6.07, 6.45) is 3.52. The van der Waals surface area contributed by atoms with Gasteiger partial charge in [0.15, 0.2) is 5.84 Å². The van der Waals surface area contributed by atoms with Crippen LogP contribution in [0.2, 0.25) is 0 Å². The van der Waals surface area contributed by atoms with E-state index in [1.807, 2.05) is 4.90 Å².